The molecule has 0 bridgehead atoms. The predicted octanol–water partition coefficient (Wildman–Crippen LogP) is 2.83. The molecule has 2 aliphatic rings. The van der Waals surface area contributed by atoms with Gasteiger partial charge in [-0.15, -0.1) is 0 Å². The average molecular weight is 231 g/mol. The van der Waals surface area contributed by atoms with Crippen molar-refractivity contribution in [2.45, 2.75) is 43.7 Å². The Morgan fingerprint density at radius 3 is 2.41 bits per heavy atom. The highest BCUT2D eigenvalue weighted by atomic mass is 16.5. The van der Waals surface area contributed by atoms with Crippen LogP contribution in [-0.4, -0.2) is 18.8 Å². The zero-order valence-corrected chi connectivity index (χ0v) is 10.5. The molecule has 2 heteroatoms. The Morgan fingerprint density at radius 2 is 1.82 bits per heavy atom. The van der Waals surface area contributed by atoms with Crippen LogP contribution in [0.4, 0.5) is 0 Å². The lowest BCUT2D eigenvalue weighted by Gasteiger charge is -2.44. The van der Waals surface area contributed by atoms with Gasteiger partial charge in [-0.25, -0.2) is 0 Å². The molecular weight excluding hydrogens is 210 g/mol. The van der Waals surface area contributed by atoms with E-state index in [1.54, 1.807) is 0 Å². The third-order valence-electron chi connectivity index (χ3n) is 4.39. The Kier molecular flexibility index (Phi) is 2.72. The number of nitrogens with one attached hydrogen (secondary N) is 1. The van der Waals surface area contributed by atoms with E-state index in [9.17, 15) is 0 Å². The van der Waals surface area contributed by atoms with Crippen molar-refractivity contribution in [1.82, 2.24) is 5.32 Å². The van der Waals surface area contributed by atoms with E-state index in [1.165, 1.54) is 31.2 Å². The van der Waals surface area contributed by atoms with Crippen LogP contribution in [0.1, 0.15) is 38.2 Å². The molecule has 1 spiro atoms. The number of benzene rings is 1. The summed E-state index contributed by atoms with van der Waals surface area (Å²) in [6.07, 6.45) is 5.10. The van der Waals surface area contributed by atoms with Crippen molar-refractivity contribution < 1.29 is 4.74 Å². The van der Waals surface area contributed by atoms with Crippen molar-refractivity contribution in [2.75, 3.05) is 13.2 Å². The molecule has 1 N–H and O–H groups in total. The minimum absolute atomic E-state index is 0.0188. The van der Waals surface area contributed by atoms with Crippen LogP contribution in [0, 0.1) is 0 Å². The molecule has 92 valence electrons. The maximum Gasteiger partial charge on any atom is 0.0807 e. The first-order chi connectivity index (χ1) is 8.23. The molecule has 2 fully saturated rings. The maximum absolute atomic E-state index is 6.23. The van der Waals surface area contributed by atoms with Crippen LogP contribution >= 0.6 is 0 Å². The molecule has 1 aliphatic carbocycles. The van der Waals surface area contributed by atoms with E-state index in [-0.39, 0.29) is 11.1 Å². The quantitative estimate of drug-likeness (QED) is 0.802. The van der Waals surface area contributed by atoms with Gasteiger partial charge in [0, 0.05) is 6.54 Å². The fraction of sp³-hybridized carbons (Fsp3) is 0.600. The number of hydrogen-bond acceptors (Lipinski definition) is 2. The van der Waals surface area contributed by atoms with Crippen LogP contribution in [0.3, 0.4) is 0 Å². The van der Waals surface area contributed by atoms with Crippen molar-refractivity contribution in [1.29, 1.82) is 0 Å². The Bertz CT molecular complexity index is 371. The van der Waals surface area contributed by atoms with Crippen LogP contribution in [0.2, 0.25) is 0 Å². The third kappa shape index (κ3) is 2.00. The second kappa shape index (κ2) is 4.11. The van der Waals surface area contributed by atoms with Gasteiger partial charge in [0.2, 0.25) is 0 Å². The summed E-state index contributed by atoms with van der Waals surface area (Å²) in [6.45, 7) is 4.03. The maximum atomic E-state index is 6.23. The van der Waals surface area contributed by atoms with Crippen molar-refractivity contribution in [3.8, 4) is 0 Å². The highest BCUT2D eigenvalue weighted by Gasteiger charge is 2.43. The van der Waals surface area contributed by atoms with Gasteiger partial charge < -0.3 is 10.1 Å². The lowest BCUT2D eigenvalue weighted by atomic mass is 9.88. The lowest BCUT2D eigenvalue weighted by molar-refractivity contribution is -0.103. The summed E-state index contributed by atoms with van der Waals surface area (Å²) < 4.78 is 6.23. The van der Waals surface area contributed by atoms with Gasteiger partial charge in [-0.1, -0.05) is 43.2 Å². The van der Waals surface area contributed by atoms with Crippen LogP contribution in [-0.2, 0) is 10.3 Å². The average Bonchev–Trinajstić information content (AvgIpc) is 2.84. The Balaban J connectivity index is 1.75. The topological polar surface area (TPSA) is 21.3 Å². The van der Waals surface area contributed by atoms with Crippen molar-refractivity contribution in [3.63, 3.8) is 0 Å². The van der Waals surface area contributed by atoms with Crippen molar-refractivity contribution in [3.05, 3.63) is 35.9 Å². The normalized spacial score (nSPS) is 31.8. The molecular formula is C15H21NO. The van der Waals surface area contributed by atoms with Gasteiger partial charge in [0.15, 0.2) is 0 Å². The summed E-state index contributed by atoms with van der Waals surface area (Å²) in [4.78, 5) is 0. The zero-order chi connectivity index (χ0) is 11.8. The molecule has 1 saturated heterocycles. The largest absolute Gasteiger partial charge is 0.371 e. The molecule has 3 rings (SSSR count). The van der Waals surface area contributed by atoms with Gasteiger partial charge in [0.1, 0.15) is 0 Å². The summed E-state index contributed by atoms with van der Waals surface area (Å²) in [5.41, 5.74) is 1.46. The summed E-state index contributed by atoms with van der Waals surface area (Å²) in [7, 11) is 0. The summed E-state index contributed by atoms with van der Waals surface area (Å²) in [5, 5.41) is 3.72. The van der Waals surface area contributed by atoms with E-state index in [0.717, 1.165) is 13.2 Å². The minimum Gasteiger partial charge on any atom is -0.371 e. The Morgan fingerprint density at radius 1 is 1.12 bits per heavy atom. The molecule has 1 aromatic carbocycles. The molecule has 2 nitrogen and oxygen atoms in total. The van der Waals surface area contributed by atoms with E-state index >= 15 is 0 Å². The Hall–Kier alpha value is -0.860. The SMILES string of the molecule is CC1(c2ccccc2)COC2(CCCC2)CN1. The number of ether oxygens (including phenoxy) is 1. The summed E-state index contributed by atoms with van der Waals surface area (Å²) >= 11 is 0. The van der Waals surface area contributed by atoms with Gasteiger partial charge in [-0.05, 0) is 25.3 Å². The highest BCUT2D eigenvalue weighted by Crippen LogP contribution is 2.38. The smallest absolute Gasteiger partial charge is 0.0807 e. The first kappa shape index (κ1) is 11.2. The molecule has 0 radical (unpaired) electrons. The number of rotatable bonds is 1. The van der Waals surface area contributed by atoms with E-state index < -0.39 is 0 Å². The van der Waals surface area contributed by atoms with E-state index in [1.807, 2.05) is 0 Å². The monoisotopic (exact) mass is 231 g/mol. The van der Waals surface area contributed by atoms with E-state index in [2.05, 4.69) is 42.6 Å². The van der Waals surface area contributed by atoms with E-state index in [0.29, 0.717) is 0 Å². The molecule has 1 aliphatic heterocycles. The van der Waals surface area contributed by atoms with Gasteiger partial charge in [-0.2, -0.15) is 0 Å². The molecule has 1 saturated carbocycles. The molecule has 0 amide bonds. The second-order valence-corrected chi connectivity index (χ2v) is 5.73. The fourth-order valence-electron chi connectivity index (χ4n) is 3.09. The van der Waals surface area contributed by atoms with E-state index in [4.69, 9.17) is 4.74 Å². The Labute approximate surface area is 103 Å². The minimum atomic E-state index is -0.0188. The van der Waals surface area contributed by atoms with Crippen LogP contribution in [0.15, 0.2) is 30.3 Å². The number of hydrogen-bond donors (Lipinski definition) is 1. The van der Waals surface area contributed by atoms with Crippen molar-refractivity contribution >= 4 is 0 Å². The van der Waals surface area contributed by atoms with Gasteiger partial charge in [-0.3, -0.25) is 0 Å². The van der Waals surface area contributed by atoms with Crippen molar-refractivity contribution in [2.24, 2.45) is 0 Å². The molecule has 1 heterocycles. The molecule has 1 aromatic rings. The number of morpholine rings is 1. The molecule has 1 atom stereocenters. The molecule has 1 unspecified atom stereocenters. The van der Waals surface area contributed by atoms with Gasteiger partial charge in [0.05, 0.1) is 17.7 Å². The highest BCUT2D eigenvalue weighted by molar-refractivity contribution is 5.24. The second-order valence-electron chi connectivity index (χ2n) is 5.73. The predicted molar refractivity (Wildman–Crippen MR) is 68.9 cm³/mol. The fourth-order valence-corrected chi connectivity index (χ4v) is 3.09. The summed E-state index contributed by atoms with van der Waals surface area (Å²) in [6, 6.07) is 10.6. The first-order valence-corrected chi connectivity index (χ1v) is 6.67. The van der Waals surface area contributed by atoms with Crippen LogP contribution in [0.5, 0.6) is 0 Å². The zero-order valence-electron chi connectivity index (χ0n) is 10.5. The van der Waals surface area contributed by atoms with Gasteiger partial charge in [0.25, 0.3) is 0 Å². The summed E-state index contributed by atoms with van der Waals surface area (Å²) in [5.74, 6) is 0. The standard InChI is InChI=1S/C15H21NO/c1-14(13-7-3-2-4-8-13)12-17-15(11-16-14)9-5-6-10-15/h2-4,7-8,16H,5-6,9-12H2,1H3. The van der Waals surface area contributed by atoms with Crippen LogP contribution in [0.25, 0.3) is 0 Å². The third-order valence-corrected chi connectivity index (χ3v) is 4.39. The first-order valence-electron chi connectivity index (χ1n) is 6.67. The van der Waals surface area contributed by atoms with Crippen LogP contribution < -0.4 is 5.32 Å². The molecule has 0 aromatic heterocycles. The lowest BCUT2D eigenvalue weighted by Crippen LogP contribution is -2.58. The van der Waals surface area contributed by atoms with Gasteiger partial charge >= 0.3 is 0 Å². The molecule has 17 heavy (non-hydrogen) atoms.